The lowest BCUT2D eigenvalue weighted by atomic mass is 10.4. The van der Waals surface area contributed by atoms with Gasteiger partial charge in [-0.2, -0.15) is 0 Å². The van der Waals surface area contributed by atoms with E-state index in [4.69, 9.17) is 5.11 Å². The molecule has 0 bridgehead atoms. The van der Waals surface area contributed by atoms with Gasteiger partial charge in [-0.25, -0.2) is 0 Å². The second-order valence-corrected chi connectivity index (χ2v) is 3.47. The molecular weight excluding hydrogens is 168 g/mol. The lowest BCUT2D eigenvalue weighted by Crippen LogP contribution is -2.36. The van der Waals surface area contributed by atoms with E-state index in [-0.39, 0.29) is 6.54 Å². The van der Waals surface area contributed by atoms with Crippen molar-refractivity contribution in [3.63, 3.8) is 0 Å². The normalized spacial score (nSPS) is 11.2. The van der Waals surface area contributed by atoms with Gasteiger partial charge in [-0.3, -0.25) is 9.69 Å². The highest BCUT2D eigenvalue weighted by Gasteiger charge is 2.07. The lowest BCUT2D eigenvalue weighted by molar-refractivity contribution is -0.138. The number of carbonyl (C=O) groups is 1. The average molecular weight is 188 g/mol. The first-order chi connectivity index (χ1) is 6.06. The minimum absolute atomic E-state index is 0.154. The van der Waals surface area contributed by atoms with Crippen LogP contribution in [-0.4, -0.2) is 61.2 Å². The Morgan fingerprint density at radius 2 is 1.85 bits per heavy atom. The van der Waals surface area contributed by atoms with Crippen LogP contribution in [0.4, 0.5) is 0 Å². The number of hydrogen-bond donors (Lipinski definition) is 1. The quantitative estimate of drug-likeness (QED) is 0.626. The SMILES string of the molecule is CCCN(CCN(C)C)CC(=O)O. The van der Waals surface area contributed by atoms with Crippen LogP contribution in [0.2, 0.25) is 0 Å². The summed E-state index contributed by atoms with van der Waals surface area (Å²) in [5.74, 6) is -0.743. The van der Waals surface area contributed by atoms with Crippen LogP contribution >= 0.6 is 0 Å². The molecule has 1 N–H and O–H groups in total. The summed E-state index contributed by atoms with van der Waals surface area (Å²) in [4.78, 5) is 14.5. The molecule has 0 aliphatic heterocycles. The van der Waals surface area contributed by atoms with Gasteiger partial charge in [0.25, 0.3) is 0 Å². The monoisotopic (exact) mass is 188 g/mol. The van der Waals surface area contributed by atoms with Crippen molar-refractivity contribution in [2.75, 3.05) is 40.3 Å². The first-order valence-corrected chi connectivity index (χ1v) is 4.65. The van der Waals surface area contributed by atoms with E-state index in [2.05, 4.69) is 11.8 Å². The number of carboxylic acid groups (broad SMARTS) is 1. The van der Waals surface area contributed by atoms with Crippen LogP contribution < -0.4 is 0 Å². The third-order valence-electron chi connectivity index (χ3n) is 1.76. The molecule has 13 heavy (non-hydrogen) atoms. The van der Waals surface area contributed by atoms with Crippen molar-refractivity contribution in [1.29, 1.82) is 0 Å². The standard InChI is InChI=1S/C9H20N2O2/c1-4-5-11(8-9(12)13)7-6-10(2)3/h4-8H2,1-3H3,(H,12,13). The first kappa shape index (κ1) is 12.4. The number of nitrogens with zero attached hydrogens (tertiary/aromatic N) is 2. The van der Waals surface area contributed by atoms with Crippen molar-refractivity contribution in [2.24, 2.45) is 0 Å². The Balaban J connectivity index is 3.72. The summed E-state index contributed by atoms with van der Waals surface area (Å²) in [6.45, 7) is 4.81. The van der Waals surface area contributed by atoms with E-state index in [0.29, 0.717) is 0 Å². The van der Waals surface area contributed by atoms with Gasteiger partial charge in [0.2, 0.25) is 0 Å². The molecule has 0 unspecified atom stereocenters. The molecule has 0 aromatic carbocycles. The minimum Gasteiger partial charge on any atom is -0.480 e. The maximum Gasteiger partial charge on any atom is 0.317 e. The van der Waals surface area contributed by atoms with Crippen LogP contribution in [-0.2, 0) is 4.79 Å². The highest BCUT2D eigenvalue weighted by molar-refractivity contribution is 5.69. The molecular formula is C9H20N2O2. The van der Waals surface area contributed by atoms with Crippen molar-refractivity contribution in [3.05, 3.63) is 0 Å². The van der Waals surface area contributed by atoms with Crippen LogP contribution in [0.25, 0.3) is 0 Å². The summed E-state index contributed by atoms with van der Waals surface area (Å²) in [6, 6.07) is 0. The zero-order chi connectivity index (χ0) is 10.3. The first-order valence-electron chi connectivity index (χ1n) is 4.65. The Labute approximate surface area is 80.1 Å². The van der Waals surface area contributed by atoms with Crippen molar-refractivity contribution in [2.45, 2.75) is 13.3 Å². The van der Waals surface area contributed by atoms with E-state index < -0.39 is 5.97 Å². The lowest BCUT2D eigenvalue weighted by Gasteiger charge is -2.21. The van der Waals surface area contributed by atoms with Gasteiger partial charge in [0.15, 0.2) is 0 Å². The highest BCUT2D eigenvalue weighted by atomic mass is 16.4. The topological polar surface area (TPSA) is 43.8 Å². The molecule has 0 aromatic heterocycles. The van der Waals surface area contributed by atoms with E-state index in [9.17, 15) is 4.79 Å². The third kappa shape index (κ3) is 7.74. The highest BCUT2D eigenvalue weighted by Crippen LogP contribution is 1.91. The predicted molar refractivity (Wildman–Crippen MR) is 52.9 cm³/mol. The fraction of sp³-hybridized carbons (Fsp3) is 0.889. The molecule has 0 saturated heterocycles. The Morgan fingerprint density at radius 3 is 2.23 bits per heavy atom. The molecule has 78 valence electrons. The Bertz CT molecular complexity index is 149. The largest absolute Gasteiger partial charge is 0.480 e. The Kier molecular flexibility index (Phi) is 6.54. The van der Waals surface area contributed by atoms with Gasteiger partial charge in [-0.1, -0.05) is 6.92 Å². The van der Waals surface area contributed by atoms with Gasteiger partial charge < -0.3 is 10.0 Å². The van der Waals surface area contributed by atoms with E-state index in [1.54, 1.807) is 0 Å². The maximum absolute atomic E-state index is 10.5. The third-order valence-corrected chi connectivity index (χ3v) is 1.76. The molecule has 0 atom stereocenters. The van der Waals surface area contributed by atoms with E-state index in [0.717, 1.165) is 26.1 Å². The van der Waals surface area contributed by atoms with Crippen LogP contribution in [0.3, 0.4) is 0 Å². The Hall–Kier alpha value is -0.610. The van der Waals surface area contributed by atoms with E-state index in [1.807, 2.05) is 19.0 Å². The van der Waals surface area contributed by atoms with Crippen LogP contribution in [0.5, 0.6) is 0 Å². The number of carboxylic acids is 1. The second kappa shape index (κ2) is 6.86. The minimum atomic E-state index is -0.743. The zero-order valence-electron chi connectivity index (χ0n) is 8.79. The summed E-state index contributed by atoms with van der Waals surface area (Å²) in [5, 5.41) is 8.62. The van der Waals surface area contributed by atoms with Crippen molar-refractivity contribution in [1.82, 2.24) is 9.80 Å². The molecule has 0 fully saturated rings. The van der Waals surface area contributed by atoms with Gasteiger partial charge in [0.1, 0.15) is 0 Å². The zero-order valence-corrected chi connectivity index (χ0v) is 8.79. The smallest absolute Gasteiger partial charge is 0.317 e. The molecule has 0 aromatic rings. The van der Waals surface area contributed by atoms with E-state index in [1.165, 1.54) is 0 Å². The molecule has 0 saturated carbocycles. The molecule has 4 heteroatoms. The van der Waals surface area contributed by atoms with Crippen LogP contribution in [0.1, 0.15) is 13.3 Å². The number of likely N-dealkylation sites (N-methyl/N-ethyl adjacent to an activating group) is 1. The second-order valence-electron chi connectivity index (χ2n) is 3.47. The van der Waals surface area contributed by atoms with Crippen molar-refractivity contribution in [3.8, 4) is 0 Å². The summed E-state index contributed by atoms with van der Waals surface area (Å²) in [7, 11) is 3.98. The van der Waals surface area contributed by atoms with Gasteiger partial charge >= 0.3 is 5.97 Å². The molecule has 0 radical (unpaired) electrons. The number of hydrogen-bond acceptors (Lipinski definition) is 3. The van der Waals surface area contributed by atoms with Gasteiger partial charge in [0.05, 0.1) is 6.54 Å². The van der Waals surface area contributed by atoms with E-state index >= 15 is 0 Å². The Morgan fingerprint density at radius 1 is 1.23 bits per heavy atom. The van der Waals surface area contributed by atoms with Crippen molar-refractivity contribution >= 4 is 5.97 Å². The summed E-state index contributed by atoms with van der Waals surface area (Å²) in [6.07, 6.45) is 1.00. The number of rotatable bonds is 7. The van der Waals surface area contributed by atoms with Gasteiger partial charge in [0, 0.05) is 13.1 Å². The molecule has 0 amide bonds. The number of aliphatic carboxylic acids is 1. The molecule has 0 rings (SSSR count). The summed E-state index contributed by atoms with van der Waals surface area (Å²) < 4.78 is 0. The average Bonchev–Trinajstić information content (AvgIpc) is 1.99. The molecule has 4 nitrogen and oxygen atoms in total. The van der Waals surface area contributed by atoms with Gasteiger partial charge in [-0.15, -0.1) is 0 Å². The molecule has 0 aliphatic carbocycles. The molecule has 0 aliphatic rings. The predicted octanol–water partition coefficient (Wildman–Crippen LogP) is 0.345. The van der Waals surface area contributed by atoms with Crippen LogP contribution in [0, 0.1) is 0 Å². The van der Waals surface area contributed by atoms with Crippen LogP contribution in [0.15, 0.2) is 0 Å². The molecule has 0 heterocycles. The summed E-state index contributed by atoms with van der Waals surface area (Å²) in [5.41, 5.74) is 0. The van der Waals surface area contributed by atoms with Crippen molar-refractivity contribution < 1.29 is 9.90 Å². The fourth-order valence-corrected chi connectivity index (χ4v) is 1.12. The maximum atomic E-state index is 10.5. The van der Waals surface area contributed by atoms with Gasteiger partial charge in [-0.05, 0) is 27.1 Å². The summed E-state index contributed by atoms with van der Waals surface area (Å²) >= 11 is 0. The molecule has 0 spiro atoms. The fourth-order valence-electron chi connectivity index (χ4n) is 1.12.